The topological polar surface area (TPSA) is 122 Å². The van der Waals surface area contributed by atoms with E-state index in [1.165, 1.54) is 44.2 Å². The van der Waals surface area contributed by atoms with Crippen molar-refractivity contribution in [2.75, 3.05) is 25.3 Å². The molecule has 1 heterocycles. The fourth-order valence-corrected chi connectivity index (χ4v) is 3.89. The summed E-state index contributed by atoms with van der Waals surface area (Å²) < 4.78 is 17.2. The van der Waals surface area contributed by atoms with Crippen LogP contribution in [0.5, 0.6) is 5.75 Å². The van der Waals surface area contributed by atoms with Crippen molar-refractivity contribution >= 4 is 35.3 Å². The first-order valence-electron chi connectivity index (χ1n) is 10.6. The minimum atomic E-state index is -0.648. The fourth-order valence-electron chi connectivity index (χ4n) is 3.18. The summed E-state index contributed by atoms with van der Waals surface area (Å²) in [5.41, 5.74) is 1.57. The molecule has 35 heavy (non-hydrogen) atoms. The highest BCUT2D eigenvalue weighted by atomic mass is 32.2. The number of benzene rings is 2. The van der Waals surface area contributed by atoms with Crippen molar-refractivity contribution in [2.45, 2.75) is 25.1 Å². The molecule has 1 N–H and O–H groups in total. The number of carbonyl (C=O) groups excluding carboxylic acids is 3. The Labute approximate surface area is 207 Å². The monoisotopic (exact) mass is 498 g/mol. The molecule has 1 aromatic heterocycles. The molecule has 0 bridgehead atoms. The van der Waals surface area contributed by atoms with E-state index in [1.54, 1.807) is 11.6 Å². The van der Waals surface area contributed by atoms with Crippen LogP contribution < -0.4 is 10.1 Å². The Morgan fingerprint density at radius 2 is 1.71 bits per heavy atom. The lowest BCUT2D eigenvalue weighted by molar-refractivity contribution is -0.113. The van der Waals surface area contributed by atoms with Crippen LogP contribution in [0.4, 0.5) is 5.69 Å². The number of nitrogens with one attached hydrogen (secondary N) is 1. The summed E-state index contributed by atoms with van der Waals surface area (Å²) in [6.07, 6.45) is -0.359. The number of ether oxygens (including phenoxy) is 3. The van der Waals surface area contributed by atoms with Crippen LogP contribution in [0.15, 0.2) is 47.6 Å². The molecule has 1 atom stereocenters. The average molecular weight is 499 g/mol. The lowest BCUT2D eigenvalue weighted by atomic mass is 10.1. The zero-order chi connectivity index (χ0) is 25.5. The number of hydrogen-bond donors (Lipinski definition) is 1. The van der Waals surface area contributed by atoms with Gasteiger partial charge in [0.05, 0.1) is 36.8 Å². The molecular formula is C24H26N4O6S. The first-order valence-corrected chi connectivity index (χ1v) is 11.6. The molecule has 2 aromatic carbocycles. The Bertz CT molecular complexity index is 1230. The summed E-state index contributed by atoms with van der Waals surface area (Å²) in [7, 11) is 4.26. The molecule has 3 rings (SSSR count). The van der Waals surface area contributed by atoms with Gasteiger partial charge in [0, 0.05) is 7.05 Å². The highest BCUT2D eigenvalue weighted by Gasteiger charge is 2.20. The second kappa shape index (κ2) is 11.5. The van der Waals surface area contributed by atoms with Crippen molar-refractivity contribution in [1.82, 2.24) is 14.8 Å². The molecular weight excluding hydrogens is 472 g/mol. The smallest absolute Gasteiger partial charge is 0.339 e. The zero-order valence-electron chi connectivity index (χ0n) is 20.0. The molecule has 10 nitrogen and oxygen atoms in total. The van der Waals surface area contributed by atoms with Crippen LogP contribution in [0, 0.1) is 6.92 Å². The number of hydrogen-bond acceptors (Lipinski definition) is 9. The number of aryl methyl sites for hydroxylation is 1. The number of amides is 1. The van der Waals surface area contributed by atoms with Crippen LogP contribution in [0.1, 0.15) is 45.1 Å². The molecule has 1 unspecified atom stereocenters. The SMILES string of the molecule is COC(=O)c1ccc(C(=O)OC)c(NC(=O)CSc2nnc(C(C)Oc3ccc(C)cc3)n2C)c1. The van der Waals surface area contributed by atoms with E-state index in [9.17, 15) is 14.4 Å². The summed E-state index contributed by atoms with van der Waals surface area (Å²) in [5, 5.41) is 11.5. The number of anilines is 1. The second-order valence-electron chi connectivity index (χ2n) is 7.55. The summed E-state index contributed by atoms with van der Waals surface area (Å²) in [6, 6.07) is 11.9. The summed E-state index contributed by atoms with van der Waals surface area (Å²) in [6.45, 7) is 3.87. The van der Waals surface area contributed by atoms with Gasteiger partial charge in [-0.25, -0.2) is 9.59 Å². The van der Waals surface area contributed by atoms with Crippen molar-refractivity contribution in [3.8, 4) is 5.75 Å². The number of carbonyl (C=O) groups is 3. The van der Waals surface area contributed by atoms with Crippen LogP contribution in [0.25, 0.3) is 0 Å². The summed E-state index contributed by atoms with van der Waals surface area (Å²) in [5.74, 6) is -0.342. The minimum Gasteiger partial charge on any atom is -0.483 e. The van der Waals surface area contributed by atoms with Gasteiger partial charge in [0.1, 0.15) is 5.75 Å². The number of aromatic nitrogens is 3. The maximum absolute atomic E-state index is 12.6. The van der Waals surface area contributed by atoms with E-state index in [2.05, 4.69) is 15.5 Å². The lowest BCUT2D eigenvalue weighted by Crippen LogP contribution is -2.18. The highest BCUT2D eigenvalue weighted by Crippen LogP contribution is 2.25. The average Bonchev–Trinajstić information content (AvgIpc) is 3.23. The van der Waals surface area contributed by atoms with Gasteiger partial charge in [-0.2, -0.15) is 0 Å². The van der Waals surface area contributed by atoms with Gasteiger partial charge in [0.25, 0.3) is 0 Å². The minimum absolute atomic E-state index is 0.0117. The molecule has 0 saturated carbocycles. The van der Waals surface area contributed by atoms with Gasteiger partial charge in [0.2, 0.25) is 5.91 Å². The third-order valence-corrected chi connectivity index (χ3v) is 6.04. The van der Waals surface area contributed by atoms with Crippen LogP contribution in [-0.4, -0.2) is 52.6 Å². The predicted molar refractivity (Wildman–Crippen MR) is 130 cm³/mol. The molecule has 0 radical (unpaired) electrons. The van der Waals surface area contributed by atoms with E-state index in [0.29, 0.717) is 11.0 Å². The quantitative estimate of drug-likeness (QED) is 0.348. The molecule has 0 fully saturated rings. The molecule has 0 saturated heterocycles. The van der Waals surface area contributed by atoms with E-state index in [4.69, 9.17) is 14.2 Å². The first kappa shape index (κ1) is 25.8. The molecule has 1 amide bonds. The van der Waals surface area contributed by atoms with Gasteiger partial charge in [-0.05, 0) is 44.2 Å². The van der Waals surface area contributed by atoms with E-state index < -0.39 is 17.8 Å². The third kappa shape index (κ3) is 6.38. The van der Waals surface area contributed by atoms with E-state index in [-0.39, 0.29) is 28.7 Å². The Morgan fingerprint density at radius 1 is 1.03 bits per heavy atom. The second-order valence-corrected chi connectivity index (χ2v) is 8.50. The number of rotatable bonds is 9. The van der Waals surface area contributed by atoms with Gasteiger partial charge in [-0.15, -0.1) is 10.2 Å². The largest absolute Gasteiger partial charge is 0.483 e. The van der Waals surface area contributed by atoms with E-state index in [1.807, 2.05) is 38.1 Å². The van der Waals surface area contributed by atoms with Crippen LogP contribution in [0.3, 0.4) is 0 Å². The predicted octanol–water partition coefficient (Wildman–Crippen LogP) is 3.57. The lowest BCUT2D eigenvalue weighted by Gasteiger charge is -2.14. The number of thioether (sulfide) groups is 1. The van der Waals surface area contributed by atoms with Gasteiger partial charge in [-0.3, -0.25) is 4.79 Å². The van der Waals surface area contributed by atoms with Crippen LogP contribution >= 0.6 is 11.8 Å². The van der Waals surface area contributed by atoms with Crippen molar-refractivity contribution in [3.63, 3.8) is 0 Å². The van der Waals surface area contributed by atoms with Gasteiger partial charge in [-0.1, -0.05) is 29.5 Å². The molecule has 0 aliphatic heterocycles. The Morgan fingerprint density at radius 3 is 2.37 bits per heavy atom. The van der Waals surface area contributed by atoms with E-state index in [0.717, 1.165) is 11.3 Å². The van der Waals surface area contributed by atoms with Crippen molar-refractivity contribution in [2.24, 2.45) is 7.05 Å². The molecule has 0 spiro atoms. The standard InChI is InChI=1S/C24H26N4O6S/c1-14-6-9-17(10-7-14)34-15(2)21-26-27-24(28(21)3)35-13-20(29)25-19-12-16(22(30)32-4)8-11-18(19)23(31)33-5/h6-12,15H,13H2,1-5H3,(H,25,29). The summed E-state index contributed by atoms with van der Waals surface area (Å²) >= 11 is 1.17. The van der Waals surface area contributed by atoms with E-state index >= 15 is 0 Å². The molecule has 3 aromatic rings. The number of esters is 2. The van der Waals surface area contributed by atoms with Gasteiger partial charge >= 0.3 is 11.9 Å². The van der Waals surface area contributed by atoms with Crippen molar-refractivity contribution in [3.05, 3.63) is 65.0 Å². The maximum atomic E-state index is 12.6. The number of nitrogens with zero attached hydrogens (tertiary/aromatic N) is 3. The van der Waals surface area contributed by atoms with Gasteiger partial charge < -0.3 is 24.1 Å². The normalized spacial score (nSPS) is 11.5. The van der Waals surface area contributed by atoms with Gasteiger partial charge in [0.15, 0.2) is 17.1 Å². The third-order valence-electron chi connectivity index (χ3n) is 5.02. The Kier molecular flexibility index (Phi) is 8.48. The Hall–Kier alpha value is -3.86. The highest BCUT2D eigenvalue weighted by molar-refractivity contribution is 7.99. The molecule has 184 valence electrons. The van der Waals surface area contributed by atoms with Crippen LogP contribution in [-0.2, 0) is 21.3 Å². The maximum Gasteiger partial charge on any atom is 0.339 e. The zero-order valence-corrected chi connectivity index (χ0v) is 20.8. The molecule has 11 heteroatoms. The molecule has 0 aliphatic rings. The molecule has 0 aliphatic carbocycles. The van der Waals surface area contributed by atoms with Crippen molar-refractivity contribution < 1.29 is 28.6 Å². The number of methoxy groups -OCH3 is 2. The van der Waals surface area contributed by atoms with Crippen LogP contribution in [0.2, 0.25) is 0 Å². The Balaban J connectivity index is 1.67. The van der Waals surface area contributed by atoms with Crippen molar-refractivity contribution in [1.29, 1.82) is 0 Å². The first-order chi connectivity index (χ1) is 16.7. The fraction of sp³-hybridized carbons (Fsp3) is 0.292. The summed E-state index contributed by atoms with van der Waals surface area (Å²) in [4.78, 5) is 36.6.